The molecule has 33 heavy (non-hydrogen) atoms. The van der Waals surface area contributed by atoms with E-state index in [9.17, 15) is 17.6 Å². The molecule has 0 saturated carbocycles. The van der Waals surface area contributed by atoms with E-state index in [-0.39, 0.29) is 29.1 Å². The average molecular weight is 533 g/mol. The number of ether oxygens (including phenoxy) is 1. The number of nitrogens with zero attached hydrogens (tertiary/aromatic N) is 1. The summed E-state index contributed by atoms with van der Waals surface area (Å²) in [6.07, 6.45) is 0.771. The molecule has 4 rings (SSSR count). The Morgan fingerprint density at radius 3 is 2.58 bits per heavy atom. The van der Waals surface area contributed by atoms with Crippen molar-refractivity contribution < 1.29 is 22.3 Å². The fourth-order valence-electron chi connectivity index (χ4n) is 3.87. The first kappa shape index (κ1) is 23.3. The second-order valence-electron chi connectivity index (χ2n) is 7.92. The molecule has 172 valence electrons. The molecule has 9 heteroatoms. The summed E-state index contributed by atoms with van der Waals surface area (Å²) in [5.41, 5.74) is 2.81. The minimum atomic E-state index is -3.86. The van der Waals surface area contributed by atoms with Crippen molar-refractivity contribution >= 4 is 43.2 Å². The molecule has 1 heterocycles. The Bertz CT molecular complexity index is 1310. The summed E-state index contributed by atoms with van der Waals surface area (Å²) in [7, 11) is -3.86. The van der Waals surface area contributed by atoms with Crippen LogP contribution >= 0.6 is 15.9 Å². The van der Waals surface area contributed by atoms with Crippen molar-refractivity contribution in [3.8, 4) is 5.75 Å². The van der Waals surface area contributed by atoms with Crippen LogP contribution in [0.3, 0.4) is 0 Å². The van der Waals surface area contributed by atoms with Crippen LogP contribution in [0, 0.1) is 12.7 Å². The van der Waals surface area contributed by atoms with Gasteiger partial charge in [0.25, 0.3) is 15.9 Å². The van der Waals surface area contributed by atoms with Crippen molar-refractivity contribution in [1.29, 1.82) is 0 Å². The predicted octanol–water partition coefficient (Wildman–Crippen LogP) is 5.05. The van der Waals surface area contributed by atoms with Gasteiger partial charge in [0.2, 0.25) is 0 Å². The van der Waals surface area contributed by atoms with Gasteiger partial charge in [-0.15, -0.1) is 0 Å². The highest BCUT2D eigenvalue weighted by molar-refractivity contribution is 9.10. The van der Waals surface area contributed by atoms with Crippen LogP contribution in [0.1, 0.15) is 18.1 Å². The smallest absolute Gasteiger partial charge is 0.265 e. The Labute approximate surface area is 200 Å². The van der Waals surface area contributed by atoms with E-state index in [0.29, 0.717) is 11.3 Å². The van der Waals surface area contributed by atoms with Crippen molar-refractivity contribution in [2.75, 3.05) is 16.2 Å². The number of halogens is 2. The Morgan fingerprint density at radius 1 is 1.15 bits per heavy atom. The fourth-order valence-corrected chi connectivity index (χ4v) is 5.42. The molecule has 0 bridgehead atoms. The van der Waals surface area contributed by atoms with E-state index in [4.69, 9.17) is 4.74 Å². The summed E-state index contributed by atoms with van der Waals surface area (Å²) in [4.78, 5) is 14.7. The largest absolute Gasteiger partial charge is 0.483 e. The molecular formula is C24H22BrFN2O4S. The van der Waals surface area contributed by atoms with E-state index in [2.05, 4.69) is 20.7 Å². The van der Waals surface area contributed by atoms with E-state index in [1.54, 1.807) is 11.8 Å². The van der Waals surface area contributed by atoms with Gasteiger partial charge in [-0.3, -0.25) is 9.52 Å². The zero-order valence-corrected chi connectivity index (χ0v) is 20.4. The molecule has 0 saturated heterocycles. The van der Waals surface area contributed by atoms with Crippen LogP contribution in [0.5, 0.6) is 5.75 Å². The Hall–Kier alpha value is -2.91. The van der Waals surface area contributed by atoms with Gasteiger partial charge in [0, 0.05) is 21.9 Å². The maximum atomic E-state index is 13.1. The molecule has 6 nitrogen and oxygen atoms in total. The minimum absolute atomic E-state index is 0.0246. The number of aryl methyl sites for hydroxylation is 1. The molecular weight excluding hydrogens is 511 g/mol. The molecule has 3 aromatic rings. The van der Waals surface area contributed by atoms with Crippen LogP contribution in [0.25, 0.3) is 0 Å². The van der Waals surface area contributed by atoms with Crippen molar-refractivity contribution in [1.82, 2.24) is 0 Å². The molecule has 1 N–H and O–H groups in total. The number of hydrogen-bond donors (Lipinski definition) is 1. The van der Waals surface area contributed by atoms with Gasteiger partial charge in [-0.2, -0.15) is 0 Å². The van der Waals surface area contributed by atoms with Crippen LogP contribution in [-0.2, 0) is 21.2 Å². The second kappa shape index (κ2) is 9.15. The number of carbonyl (C=O) groups is 1. The van der Waals surface area contributed by atoms with Gasteiger partial charge in [-0.05, 0) is 92.1 Å². The zero-order chi connectivity index (χ0) is 23.8. The quantitative estimate of drug-likeness (QED) is 0.481. The van der Waals surface area contributed by atoms with Crippen LogP contribution in [0.2, 0.25) is 0 Å². The molecule has 0 spiro atoms. The van der Waals surface area contributed by atoms with Gasteiger partial charge in [0.05, 0.1) is 4.90 Å². The van der Waals surface area contributed by atoms with Gasteiger partial charge in [-0.1, -0.05) is 15.9 Å². The molecule has 0 fully saturated rings. The molecule has 0 aliphatic carbocycles. The lowest BCUT2D eigenvalue weighted by Gasteiger charge is -2.23. The fraction of sp³-hybridized carbons (Fsp3) is 0.208. The van der Waals surface area contributed by atoms with Crippen molar-refractivity contribution in [3.05, 3.63) is 82.1 Å². The van der Waals surface area contributed by atoms with Crippen LogP contribution < -0.4 is 14.4 Å². The molecule has 1 amide bonds. The molecule has 1 aliphatic rings. The third-order valence-corrected chi connectivity index (χ3v) is 7.30. The zero-order valence-electron chi connectivity index (χ0n) is 18.0. The summed E-state index contributed by atoms with van der Waals surface area (Å²) in [6.45, 7) is 3.54. The van der Waals surface area contributed by atoms with E-state index in [1.165, 1.54) is 42.5 Å². The highest BCUT2D eigenvalue weighted by Gasteiger charge is 2.31. The lowest BCUT2D eigenvalue weighted by atomic mass is 10.1. The van der Waals surface area contributed by atoms with Crippen molar-refractivity contribution in [2.24, 2.45) is 0 Å². The molecule has 0 radical (unpaired) electrons. The first-order chi connectivity index (χ1) is 15.6. The number of nitrogens with one attached hydrogen (secondary N) is 1. The molecule has 1 atom stereocenters. The van der Waals surface area contributed by atoms with Gasteiger partial charge in [0.1, 0.15) is 11.6 Å². The van der Waals surface area contributed by atoms with Crippen LogP contribution in [0.15, 0.2) is 70.0 Å². The number of benzene rings is 3. The van der Waals surface area contributed by atoms with Crippen LogP contribution in [0.4, 0.5) is 15.8 Å². The van der Waals surface area contributed by atoms with Gasteiger partial charge >= 0.3 is 0 Å². The normalized spacial score (nSPS) is 15.3. The molecule has 0 unspecified atom stereocenters. The SMILES string of the molecule is Cc1cc(S(=O)(=O)Nc2ccc(F)cc2)ccc1OCC(=O)N1c2ccc(Br)cc2C[C@H]1C. The average Bonchev–Trinajstić information content (AvgIpc) is 3.08. The third kappa shape index (κ3) is 5.04. The third-order valence-electron chi connectivity index (χ3n) is 5.43. The number of sulfonamides is 1. The number of anilines is 2. The number of amides is 1. The molecule has 1 aliphatic heterocycles. The Kier molecular flexibility index (Phi) is 6.45. The second-order valence-corrected chi connectivity index (χ2v) is 10.5. The number of fused-ring (bicyclic) bond motifs is 1. The van der Waals surface area contributed by atoms with E-state index < -0.39 is 15.8 Å². The Morgan fingerprint density at radius 2 is 1.88 bits per heavy atom. The lowest BCUT2D eigenvalue weighted by Crippen LogP contribution is -2.39. The van der Waals surface area contributed by atoms with Gasteiger partial charge < -0.3 is 9.64 Å². The monoisotopic (exact) mass is 532 g/mol. The number of carbonyl (C=O) groups excluding carboxylic acids is 1. The molecule has 0 aromatic heterocycles. The minimum Gasteiger partial charge on any atom is -0.483 e. The maximum absolute atomic E-state index is 13.1. The predicted molar refractivity (Wildman–Crippen MR) is 129 cm³/mol. The maximum Gasteiger partial charge on any atom is 0.265 e. The topological polar surface area (TPSA) is 75.7 Å². The standard InChI is InChI=1S/C24H22BrFN2O4S/c1-15-11-21(33(30,31)27-20-6-4-19(26)5-7-20)8-10-23(15)32-14-24(29)28-16(2)12-17-13-18(25)3-9-22(17)28/h3-11,13,16,27H,12,14H2,1-2H3/t16-/m1/s1. The molecule has 3 aromatic carbocycles. The van der Waals surface area contributed by atoms with Gasteiger partial charge in [-0.25, -0.2) is 12.8 Å². The highest BCUT2D eigenvalue weighted by Crippen LogP contribution is 2.34. The highest BCUT2D eigenvalue weighted by atomic mass is 79.9. The lowest BCUT2D eigenvalue weighted by molar-refractivity contribution is -0.120. The van der Waals surface area contributed by atoms with E-state index in [1.807, 2.05) is 25.1 Å². The number of hydrogen-bond acceptors (Lipinski definition) is 4. The summed E-state index contributed by atoms with van der Waals surface area (Å²) >= 11 is 3.46. The van der Waals surface area contributed by atoms with Crippen LogP contribution in [-0.4, -0.2) is 27.0 Å². The first-order valence-electron chi connectivity index (χ1n) is 10.3. The van der Waals surface area contributed by atoms with E-state index >= 15 is 0 Å². The van der Waals surface area contributed by atoms with E-state index in [0.717, 1.165) is 22.1 Å². The summed E-state index contributed by atoms with van der Waals surface area (Å²) in [6, 6.07) is 15.3. The first-order valence-corrected chi connectivity index (χ1v) is 12.5. The summed E-state index contributed by atoms with van der Waals surface area (Å²) < 4.78 is 47.5. The number of rotatable bonds is 6. The van der Waals surface area contributed by atoms with Gasteiger partial charge in [0.15, 0.2) is 6.61 Å². The van der Waals surface area contributed by atoms with Crippen molar-refractivity contribution in [3.63, 3.8) is 0 Å². The Balaban J connectivity index is 1.45. The van der Waals surface area contributed by atoms with Crippen molar-refractivity contribution in [2.45, 2.75) is 31.2 Å². The summed E-state index contributed by atoms with van der Waals surface area (Å²) in [5.74, 6) is -0.200. The summed E-state index contributed by atoms with van der Waals surface area (Å²) in [5, 5.41) is 0.